The second-order valence-electron chi connectivity index (χ2n) is 12.8. The van der Waals surface area contributed by atoms with Gasteiger partial charge >= 0.3 is 0 Å². The number of hydrogen-bond acceptors (Lipinski definition) is 14. The summed E-state index contributed by atoms with van der Waals surface area (Å²) in [5.41, 5.74) is 11.7. The summed E-state index contributed by atoms with van der Waals surface area (Å²) in [6.07, 6.45) is 27.1. The number of carbonyl (C=O) groups is 2. The van der Waals surface area contributed by atoms with Gasteiger partial charge in [0.25, 0.3) is 5.91 Å². The first-order valence-corrected chi connectivity index (χ1v) is 19.2. The summed E-state index contributed by atoms with van der Waals surface area (Å²) < 4.78 is 7.76. The Morgan fingerprint density at radius 1 is 0.629 bits per heavy atom. The average molecular weight is 905 g/mol. The van der Waals surface area contributed by atoms with Crippen molar-refractivity contribution in [3.8, 4) is 0 Å². The number of halogens is 1. The van der Waals surface area contributed by atoms with Gasteiger partial charge in [0, 0.05) is 132 Å². The van der Waals surface area contributed by atoms with Crippen LogP contribution in [0.25, 0.3) is 0 Å². The molecule has 320 valence electrons. The lowest BCUT2D eigenvalue weighted by Gasteiger charge is -2.12. The van der Waals surface area contributed by atoms with Crippen LogP contribution in [0.5, 0.6) is 0 Å². The Morgan fingerprint density at radius 2 is 1.11 bits per heavy atom. The molecule has 62 heavy (non-hydrogen) atoms. The minimum absolute atomic E-state index is 0.0498. The first-order valence-electron chi connectivity index (χ1n) is 18.4. The van der Waals surface area contributed by atoms with Crippen LogP contribution in [0.3, 0.4) is 0 Å². The summed E-state index contributed by atoms with van der Waals surface area (Å²) >= 11 is 3.25. The SMILES string of the molecule is CON(C)C(=O)c1cccnc1.Cn1cc(/C(=N/O)c2cccnc2)cn1.Cn1cc(Br)cn1.Cn1cc(C(=O)c2cccnc2)cn1.Cn1cc(C(N)c2cccnc2)cn1. The fourth-order valence-electron chi connectivity index (χ4n) is 5.03. The predicted molar refractivity (Wildman–Crippen MR) is 233 cm³/mol. The van der Waals surface area contributed by atoms with Crippen molar-refractivity contribution in [3.05, 3.63) is 191 Å². The van der Waals surface area contributed by atoms with Crippen LogP contribution in [0, 0.1) is 0 Å². The molecule has 8 heterocycles. The molecule has 0 aliphatic carbocycles. The topological polar surface area (TPSA) is 228 Å². The number of pyridine rings is 4. The largest absolute Gasteiger partial charge is 0.410 e. The molecule has 1 unspecified atom stereocenters. The zero-order valence-electron chi connectivity index (χ0n) is 34.8. The molecule has 0 aliphatic heterocycles. The number of oxime groups is 1. The first-order chi connectivity index (χ1) is 29.9. The number of hydrogen-bond donors (Lipinski definition) is 2. The van der Waals surface area contributed by atoms with Crippen LogP contribution >= 0.6 is 15.9 Å². The fraction of sp³-hybridized carbons (Fsp3) is 0.167. The maximum absolute atomic E-state index is 11.8. The number of aromatic nitrogens is 12. The Labute approximate surface area is 366 Å². The summed E-state index contributed by atoms with van der Waals surface area (Å²) in [7, 11) is 10.3. The molecule has 8 rings (SSSR count). The molecule has 0 bridgehead atoms. The molecule has 0 aliphatic rings. The van der Waals surface area contributed by atoms with Gasteiger partial charge in [-0.05, 0) is 64.0 Å². The molecule has 20 heteroatoms. The summed E-state index contributed by atoms with van der Waals surface area (Å²) in [4.78, 5) is 43.5. The number of aryl methyl sites for hydroxylation is 4. The molecule has 0 spiro atoms. The molecule has 0 saturated carbocycles. The van der Waals surface area contributed by atoms with Gasteiger partial charge in [0.1, 0.15) is 5.71 Å². The van der Waals surface area contributed by atoms with E-state index in [9.17, 15) is 9.59 Å². The number of hydroxylamine groups is 2. The van der Waals surface area contributed by atoms with Gasteiger partial charge in [0.2, 0.25) is 0 Å². The smallest absolute Gasteiger partial charge is 0.278 e. The Bertz CT molecular complexity index is 2550. The zero-order chi connectivity index (χ0) is 44.9. The van der Waals surface area contributed by atoms with Gasteiger partial charge in [-0.3, -0.25) is 53.1 Å². The third kappa shape index (κ3) is 14.9. The average Bonchev–Trinajstić information content (AvgIpc) is 4.14. The van der Waals surface area contributed by atoms with Crippen molar-refractivity contribution in [1.29, 1.82) is 0 Å². The molecule has 8 aromatic heterocycles. The second kappa shape index (κ2) is 24.5. The van der Waals surface area contributed by atoms with Crippen LogP contribution < -0.4 is 5.73 Å². The van der Waals surface area contributed by atoms with E-state index < -0.39 is 0 Å². The van der Waals surface area contributed by atoms with Crippen LogP contribution in [0.2, 0.25) is 0 Å². The molecule has 0 fully saturated rings. The predicted octanol–water partition coefficient (Wildman–Crippen LogP) is 4.85. The Morgan fingerprint density at radius 3 is 1.52 bits per heavy atom. The minimum Gasteiger partial charge on any atom is -0.410 e. The van der Waals surface area contributed by atoms with E-state index in [2.05, 4.69) is 61.4 Å². The van der Waals surface area contributed by atoms with Gasteiger partial charge in [-0.2, -0.15) is 20.4 Å². The van der Waals surface area contributed by atoms with Crippen LogP contribution in [0.4, 0.5) is 0 Å². The minimum atomic E-state index is -0.203. The molecule has 3 N–H and O–H groups in total. The highest BCUT2D eigenvalue weighted by Gasteiger charge is 2.12. The Kier molecular flexibility index (Phi) is 18.6. The molecule has 19 nitrogen and oxygen atoms in total. The standard InChI is InChI=1S/C10H10N4O.C10H12N4.C10H9N3O.C8H10N2O2.C4H5BrN2/c1-14-7-9(6-12-14)10(13-15)8-3-2-4-11-5-8;1-14-7-9(6-13-14)10(11)8-3-2-4-12-5-8;1-13-7-9(6-12-13)10(14)8-3-2-4-11-5-8;1-10(12-2)8(11)7-4-3-5-9-6-7;1-7-3-4(5)2-6-7/h2-7,15H,1H3;2-7,10H,11H2,1H3;2-7H,1H3;3-6H,1-2H3;2-3H,1H3/b13-10+;;;;. The van der Waals surface area contributed by atoms with Crippen molar-refractivity contribution in [2.24, 2.45) is 39.1 Å². The number of carbonyl (C=O) groups excluding carboxylic acids is 2. The van der Waals surface area contributed by atoms with Crippen molar-refractivity contribution in [2.75, 3.05) is 14.2 Å². The number of nitrogens with two attached hydrogens (primary N) is 1. The molecular formula is C42H46BrN15O4. The summed E-state index contributed by atoms with van der Waals surface area (Å²) in [5.74, 6) is -0.253. The van der Waals surface area contributed by atoms with Gasteiger partial charge in [-0.1, -0.05) is 11.2 Å². The van der Waals surface area contributed by atoms with Crippen molar-refractivity contribution >= 4 is 33.3 Å². The van der Waals surface area contributed by atoms with Crippen LogP contribution in [-0.4, -0.2) is 101 Å². The lowest BCUT2D eigenvalue weighted by atomic mass is 10.1. The molecule has 1 amide bonds. The lowest BCUT2D eigenvalue weighted by Crippen LogP contribution is -2.25. The van der Waals surface area contributed by atoms with Crippen molar-refractivity contribution in [1.82, 2.24) is 64.1 Å². The van der Waals surface area contributed by atoms with Gasteiger partial charge in [-0.25, -0.2) is 5.06 Å². The van der Waals surface area contributed by atoms with Crippen LogP contribution in [-0.2, 0) is 33.0 Å². The van der Waals surface area contributed by atoms with E-state index >= 15 is 0 Å². The van der Waals surface area contributed by atoms with Gasteiger partial charge < -0.3 is 10.9 Å². The second-order valence-corrected chi connectivity index (χ2v) is 13.8. The third-order valence-electron chi connectivity index (χ3n) is 8.17. The molecule has 0 aromatic carbocycles. The van der Waals surface area contributed by atoms with Crippen LogP contribution in [0.1, 0.15) is 54.6 Å². The van der Waals surface area contributed by atoms with E-state index in [0.29, 0.717) is 22.4 Å². The number of ketones is 1. The zero-order valence-corrected chi connectivity index (χ0v) is 36.4. The molecule has 8 aromatic rings. The fourth-order valence-corrected chi connectivity index (χ4v) is 5.42. The number of amides is 1. The van der Waals surface area contributed by atoms with Crippen molar-refractivity contribution in [2.45, 2.75) is 6.04 Å². The molecule has 0 saturated heterocycles. The monoisotopic (exact) mass is 903 g/mol. The van der Waals surface area contributed by atoms with Crippen molar-refractivity contribution < 1.29 is 19.6 Å². The van der Waals surface area contributed by atoms with Gasteiger partial charge in [0.15, 0.2) is 5.78 Å². The van der Waals surface area contributed by atoms with Crippen molar-refractivity contribution in [3.63, 3.8) is 0 Å². The molecule has 0 radical (unpaired) electrons. The summed E-state index contributed by atoms with van der Waals surface area (Å²) in [6.45, 7) is 0. The summed E-state index contributed by atoms with van der Waals surface area (Å²) in [5, 5.41) is 29.3. The quantitative estimate of drug-likeness (QED) is 0.0901. The van der Waals surface area contributed by atoms with E-state index in [-0.39, 0.29) is 17.7 Å². The van der Waals surface area contributed by atoms with Crippen LogP contribution in [0.15, 0.2) is 157 Å². The summed E-state index contributed by atoms with van der Waals surface area (Å²) in [6, 6.07) is 14.2. The highest BCUT2D eigenvalue weighted by atomic mass is 79.9. The van der Waals surface area contributed by atoms with E-state index in [1.54, 1.807) is 144 Å². The molecule has 1 atom stereocenters. The van der Waals surface area contributed by atoms with Gasteiger partial charge in [-0.15, -0.1) is 0 Å². The maximum Gasteiger partial charge on any atom is 0.278 e. The Hall–Kier alpha value is -7.55. The normalized spacial score (nSPS) is 10.9. The van der Waals surface area contributed by atoms with Gasteiger partial charge in [0.05, 0.1) is 53.5 Å². The highest BCUT2D eigenvalue weighted by Crippen LogP contribution is 2.17. The third-order valence-corrected chi connectivity index (χ3v) is 8.58. The van der Waals surface area contributed by atoms with E-state index in [1.807, 2.05) is 51.7 Å². The van der Waals surface area contributed by atoms with E-state index in [4.69, 9.17) is 15.8 Å². The molecular weight excluding hydrogens is 858 g/mol. The number of nitrogens with zero attached hydrogens (tertiary/aromatic N) is 14. The lowest BCUT2D eigenvalue weighted by molar-refractivity contribution is -0.0757. The van der Waals surface area contributed by atoms with E-state index in [0.717, 1.165) is 31.8 Å². The highest BCUT2D eigenvalue weighted by molar-refractivity contribution is 9.10. The Balaban J connectivity index is 0.000000173. The maximum atomic E-state index is 11.8. The number of rotatable bonds is 8. The first kappa shape index (κ1) is 47.1. The van der Waals surface area contributed by atoms with E-state index in [1.165, 1.54) is 13.3 Å².